The van der Waals surface area contributed by atoms with Gasteiger partial charge in [-0.1, -0.05) is 0 Å². The van der Waals surface area contributed by atoms with Crippen molar-refractivity contribution >= 4 is 6.91 Å². The molecule has 3 aromatic rings. The van der Waals surface area contributed by atoms with Crippen LogP contribution in [0.2, 0.25) is 0 Å². The molecule has 0 amide bonds. The molecule has 0 aliphatic rings. The van der Waals surface area contributed by atoms with Gasteiger partial charge in [0.15, 0.2) is 0 Å². The first kappa shape index (κ1) is 16.9. The van der Waals surface area contributed by atoms with Gasteiger partial charge in [0.05, 0.1) is 0 Å². The van der Waals surface area contributed by atoms with Crippen LogP contribution in [0, 0.1) is 0 Å². The van der Waals surface area contributed by atoms with Crippen LogP contribution in [0.3, 0.4) is 0 Å². The van der Waals surface area contributed by atoms with E-state index in [0.717, 1.165) is 16.7 Å². The summed E-state index contributed by atoms with van der Waals surface area (Å²) in [4.78, 5) is 0. The molecule has 3 aromatic carbocycles. The van der Waals surface area contributed by atoms with E-state index in [1.54, 1.807) is 0 Å². The third-order valence-corrected chi connectivity index (χ3v) is 7.75. The van der Waals surface area contributed by atoms with Gasteiger partial charge in [0.25, 0.3) is 0 Å². The fourth-order valence-corrected chi connectivity index (χ4v) is 6.91. The second-order valence-corrected chi connectivity index (χ2v) is 13.3. The third kappa shape index (κ3) is 2.68. The van der Waals surface area contributed by atoms with Crippen LogP contribution in [-0.4, -0.2) is 20.0 Å². The van der Waals surface area contributed by atoms with Crippen LogP contribution in [0.15, 0.2) is 91.0 Å². The number of benzene rings is 3. The van der Waals surface area contributed by atoms with Gasteiger partial charge in [-0.3, -0.25) is 0 Å². The zero-order valence-corrected chi connectivity index (χ0v) is 15.4. The molecule has 124 valence electrons. The number of hydrogen-bond acceptors (Lipinski definition) is 0. The van der Waals surface area contributed by atoms with Crippen molar-refractivity contribution in [1.29, 1.82) is 0 Å². The molecule has 0 nitrogen and oxygen atoms in total. The van der Waals surface area contributed by atoms with Crippen LogP contribution in [0.5, 0.6) is 0 Å². The second kappa shape index (κ2) is 5.83. The van der Waals surface area contributed by atoms with Gasteiger partial charge in [0.1, 0.15) is 0 Å². The van der Waals surface area contributed by atoms with E-state index in [9.17, 15) is 0 Å². The maximum atomic E-state index is 16.6. The molecule has 0 radical (unpaired) electrons. The molecule has 0 unspecified atom stereocenters. The molecule has 0 atom stereocenters. The normalized spacial score (nSPS) is 13.9. The maximum absolute atomic E-state index is 16.6. The molecule has 0 aliphatic heterocycles. The number of halogens is 1. The SMILES string of the molecule is CP(C)(C)(F)C(c1ccccc1)(c1ccccc1)c1ccccc1. The van der Waals surface area contributed by atoms with E-state index in [4.69, 9.17) is 0 Å². The fraction of sp³-hybridized carbons (Fsp3) is 0.182. The molecule has 2 heteroatoms. The quantitative estimate of drug-likeness (QED) is 0.386. The first-order chi connectivity index (χ1) is 11.3. The van der Waals surface area contributed by atoms with E-state index < -0.39 is 12.1 Å². The molecule has 0 fully saturated rings. The van der Waals surface area contributed by atoms with Gasteiger partial charge in [-0.15, -0.1) is 0 Å². The van der Waals surface area contributed by atoms with Crippen LogP contribution in [0.4, 0.5) is 4.20 Å². The summed E-state index contributed by atoms with van der Waals surface area (Å²) in [6.07, 6.45) is 0. The van der Waals surface area contributed by atoms with Crippen LogP contribution >= 0.6 is 6.91 Å². The van der Waals surface area contributed by atoms with Crippen molar-refractivity contribution < 1.29 is 4.20 Å². The van der Waals surface area contributed by atoms with Gasteiger partial charge in [0, 0.05) is 0 Å². The molecule has 0 saturated heterocycles. The first-order valence-corrected chi connectivity index (χ1v) is 11.7. The fourth-order valence-electron chi connectivity index (χ4n) is 3.85. The van der Waals surface area contributed by atoms with Gasteiger partial charge in [-0.05, 0) is 0 Å². The van der Waals surface area contributed by atoms with Crippen molar-refractivity contribution in [3.05, 3.63) is 108 Å². The van der Waals surface area contributed by atoms with Crippen LogP contribution in [0.1, 0.15) is 16.7 Å². The summed E-state index contributed by atoms with van der Waals surface area (Å²) in [5, 5.41) is -0.782. The van der Waals surface area contributed by atoms with Gasteiger partial charge in [-0.2, -0.15) is 0 Å². The topological polar surface area (TPSA) is 0 Å². The zero-order chi connectivity index (χ0) is 17.3. The molecule has 0 N–H and O–H groups in total. The predicted octanol–water partition coefficient (Wildman–Crippen LogP) is 6.31. The van der Waals surface area contributed by atoms with Crippen LogP contribution in [-0.2, 0) is 5.16 Å². The molecule has 0 spiro atoms. The van der Waals surface area contributed by atoms with Gasteiger partial charge in [-0.25, -0.2) is 0 Å². The Balaban J connectivity index is 2.48. The summed E-state index contributed by atoms with van der Waals surface area (Å²) < 4.78 is 16.6. The van der Waals surface area contributed by atoms with E-state index in [0.29, 0.717) is 0 Å². The minimum atomic E-state index is -3.65. The summed E-state index contributed by atoms with van der Waals surface area (Å²) in [5.41, 5.74) is 3.03. The van der Waals surface area contributed by atoms with Crippen molar-refractivity contribution in [2.75, 3.05) is 20.0 Å². The second-order valence-electron chi connectivity index (χ2n) is 7.41. The molecule has 0 aromatic heterocycles. The van der Waals surface area contributed by atoms with Crippen molar-refractivity contribution in [1.82, 2.24) is 0 Å². The van der Waals surface area contributed by atoms with Gasteiger partial charge >= 0.3 is 144 Å². The Kier molecular flexibility index (Phi) is 4.10. The summed E-state index contributed by atoms with van der Waals surface area (Å²) in [6.45, 7) is 1.80. The van der Waals surface area contributed by atoms with Gasteiger partial charge in [0.2, 0.25) is 0 Å². The summed E-state index contributed by atoms with van der Waals surface area (Å²) in [6, 6.07) is 30.3. The van der Waals surface area contributed by atoms with Crippen molar-refractivity contribution in [2.24, 2.45) is 0 Å². The van der Waals surface area contributed by atoms with Gasteiger partial charge < -0.3 is 0 Å². The molecule has 3 rings (SSSR count). The van der Waals surface area contributed by atoms with E-state index >= 15 is 4.20 Å². The molecule has 0 aliphatic carbocycles. The monoisotopic (exact) mass is 338 g/mol. The third-order valence-electron chi connectivity index (χ3n) is 4.71. The molecular weight excluding hydrogens is 314 g/mol. The molecule has 24 heavy (non-hydrogen) atoms. The Morgan fingerprint density at radius 1 is 0.542 bits per heavy atom. The van der Waals surface area contributed by atoms with Crippen molar-refractivity contribution in [3.8, 4) is 0 Å². The summed E-state index contributed by atoms with van der Waals surface area (Å²) in [5.74, 6) is 0. The summed E-state index contributed by atoms with van der Waals surface area (Å²) >= 11 is 0. The van der Waals surface area contributed by atoms with Crippen LogP contribution < -0.4 is 0 Å². The Hall–Kier alpha value is -1.98. The van der Waals surface area contributed by atoms with E-state index in [1.807, 2.05) is 74.6 Å². The Labute approximate surface area is 144 Å². The van der Waals surface area contributed by atoms with Crippen molar-refractivity contribution in [2.45, 2.75) is 5.16 Å². The Morgan fingerprint density at radius 2 is 0.792 bits per heavy atom. The zero-order valence-electron chi connectivity index (χ0n) is 14.5. The number of rotatable bonds is 4. The van der Waals surface area contributed by atoms with Crippen LogP contribution in [0.25, 0.3) is 0 Å². The Bertz CT molecular complexity index is 696. The Morgan fingerprint density at radius 3 is 1.00 bits per heavy atom. The summed E-state index contributed by atoms with van der Waals surface area (Å²) in [7, 11) is 0. The first-order valence-electron chi connectivity index (χ1n) is 8.22. The molecule has 0 saturated carbocycles. The average Bonchev–Trinajstić information content (AvgIpc) is 2.56. The molecular formula is C22H24FP. The predicted molar refractivity (Wildman–Crippen MR) is 105 cm³/mol. The number of hydrogen-bond donors (Lipinski definition) is 0. The van der Waals surface area contributed by atoms with E-state index in [1.165, 1.54) is 0 Å². The molecule has 0 bridgehead atoms. The average molecular weight is 338 g/mol. The van der Waals surface area contributed by atoms with E-state index in [-0.39, 0.29) is 0 Å². The molecule has 0 heterocycles. The minimum absolute atomic E-state index is 0.782. The van der Waals surface area contributed by atoms with Crippen molar-refractivity contribution in [3.63, 3.8) is 0 Å². The van der Waals surface area contributed by atoms with E-state index in [2.05, 4.69) is 36.4 Å². The standard InChI is InChI=1S/C22H24FP/c1-24(2,3,23)22(19-13-7-4-8-14-19,20-15-9-5-10-16-20)21-17-11-6-12-18-21/h4-18H,1-3H3.